The standard InChI is InChI=1S/C21H23N3O3.C4H5N3O/c1-3-13(2)24-18(14-6-7-14)12-17(23-24)16-11-15(8-9-19(16)25)22-21(26)20-5-4-10-27-20;5-4(8)7-3-1-2-6-7/h4-5,8-14,25H,3,6-7H2,1-2H3,(H,22,26);1-3H,(H2,5,8). The highest BCUT2D eigenvalue weighted by Crippen LogP contribution is 2.43. The molecule has 10 nitrogen and oxygen atoms in total. The number of carbonyl (C=O) groups is 2. The number of aromatic hydroxyl groups is 1. The monoisotopic (exact) mass is 476 g/mol. The van der Waals surface area contributed by atoms with Gasteiger partial charge in [-0.1, -0.05) is 6.92 Å². The second kappa shape index (κ2) is 10.3. The van der Waals surface area contributed by atoms with Gasteiger partial charge in [0.25, 0.3) is 5.91 Å². The first-order chi connectivity index (χ1) is 16.9. The van der Waals surface area contributed by atoms with Crippen LogP contribution in [0.4, 0.5) is 10.5 Å². The van der Waals surface area contributed by atoms with Crippen molar-refractivity contribution in [3.8, 4) is 17.0 Å². The first-order valence-corrected chi connectivity index (χ1v) is 11.4. The van der Waals surface area contributed by atoms with Gasteiger partial charge in [-0.3, -0.25) is 9.48 Å². The molecule has 0 bridgehead atoms. The minimum Gasteiger partial charge on any atom is -0.507 e. The van der Waals surface area contributed by atoms with Crippen LogP contribution in [0.2, 0.25) is 0 Å². The van der Waals surface area contributed by atoms with E-state index in [2.05, 4.69) is 35.0 Å². The van der Waals surface area contributed by atoms with Crippen molar-refractivity contribution in [1.29, 1.82) is 0 Å². The van der Waals surface area contributed by atoms with Crippen LogP contribution in [-0.2, 0) is 0 Å². The van der Waals surface area contributed by atoms with E-state index in [0.717, 1.165) is 16.8 Å². The molecule has 4 aromatic rings. The van der Waals surface area contributed by atoms with E-state index in [4.69, 9.17) is 15.2 Å². The molecule has 0 saturated heterocycles. The summed E-state index contributed by atoms with van der Waals surface area (Å²) in [6.07, 6.45) is 7.80. The number of hydrogen-bond donors (Lipinski definition) is 3. The molecule has 10 heteroatoms. The van der Waals surface area contributed by atoms with Crippen LogP contribution in [0.5, 0.6) is 5.75 Å². The predicted octanol–water partition coefficient (Wildman–Crippen LogP) is 4.76. The summed E-state index contributed by atoms with van der Waals surface area (Å²) in [5, 5.41) is 21.5. The summed E-state index contributed by atoms with van der Waals surface area (Å²) in [5.41, 5.74) is 7.96. The Balaban J connectivity index is 0.000000308. The fourth-order valence-corrected chi connectivity index (χ4v) is 3.57. The van der Waals surface area contributed by atoms with E-state index in [1.54, 1.807) is 36.4 Å². The number of amides is 2. The summed E-state index contributed by atoms with van der Waals surface area (Å²) in [6.45, 7) is 4.30. The molecule has 5 rings (SSSR count). The average Bonchev–Trinajstić information content (AvgIpc) is 3.29. The third-order valence-electron chi connectivity index (χ3n) is 5.77. The van der Waals surface area contributed by atoms with Crippen LogP contribution in [0.15, 0.2) is 65.5 Å². The van der Waals surface area contributed by atoms with Crippen molar-refractivity contribution in [2.75, 3.05) is 5.32 Å². The van der Waals surface area contributed by atoms with Crippen molar-refractivity contribution >= 4 is 17.6 Å². The maximum Gasteiger partial charge on any atom is 0.339 e. The molecule has 1 aliphatic carbocycles. The third-order valence-corrected chi connectivity index (χ3v) is 5.77. The molecule has 3 heterocycles. The van der Waals surface area contributed by atoms with Gasteiger partial charge < -0.3 is 20.6 Å². The molecule has 4 N–H and O–H groups in total. The van der Waals surface area contributed by atoms with Crippen molar-refractivity contribution in [3.63, 3.8) is 0 Å². The molecule has 1 aromatic carbocycles. The molecule has 0 aliphatic heterocycles. The van der Waals surface area contributed by atoms with Crippen LogP contribution in [-0.4, -0.2) is 36.6 Å². The fraction of sp³-hybridized carbons (Fsp3) is 0.280. The summed E-state index contributed by atoms with van der Waals surface area (Å²) in [4.78, 5) is 22.4. The van der Waals surface area contributed by atoms with Crippen molar-refractivity contribution in [3.05, 3.63) is 72.6 Å². The summed E-state index contributed by atoms with van der Waals surface area (Å²) >= 11 is 0. The van der Waals surface area contributed by atoms with Crippen molar-refractivity contribution < 1.29 is 19.1 Å². The number of phenols is 1. The van der Waals surface area contributed by atoms with Crippen molar-refractivity contribution in [2.24, 2.45) is 5.73 Å². The van der Waals surface area contributed by atoms with E-state index in [0.29, 0.717) is 23.2 Å². The van der Waals surface area contributed by atoms with Gasteiger partial charge in [0, 0.05) is 41.3 Å². The van der Waals surface area contributed by atoms with Crippen LogP contribution < -0.4 is 11.1 Å². The Morgan fingerprint density at radius 3 is 2.63 bits per heavy atom. The smallest absolute Gasteiger partial charge is 0.339 e. The quantitative estimate of drug-likeness (QED) is 0.343. The molecular weight excluding hydrogens is 448 g/mol. The van der Waals surface area contributed by atoms with Crippen molar-refractivity contribution in [1.82, 2.24) is 19.6 Å². The number of rotatable bonds is 6. The van der Waals surface area contributed by atoms with Gasteiger partial charge in [-0.2, -0.15) is 14.9 Å². The fourth-order valence-electron chi connectivity index (χ4n) is 3.57. The molecule has 3 aromatic heterocycles. The van der Waals surface area contributed by atoms with Gasteiger partial charge in [-0.15, -0.1) is 0 Å². The molecular formula is C25H28N6O4. The second-order valence-electron chi connectivity index (χ2n) is 8.38. The molecule has 182 valence electrons. The SMILES string of the molecule is CCC(C)n1nc(-c2cc(NC(=O)c3ccco3)ccc2O)cc1C1CC1.NC(=O)n1cccn1. The molecule has 1 atom stereocenters. The first-order valence-electron chi connectivity index (χ1n) is 11.4. The zero-order chi connectivity index (χ0) is 24.9. The van der Waals surface area contributed by atoms with Gasteiger partial charge in [0.2, 0.25) is 0 Å². The number of benzene rings is 1. The van der Waals surface area contributed by atoms with Gasteiger partial charge in [0.15, 0.2) is 5.76 Å². The number of nitrogens with zero attached hydrogens (tertiary/aromatic N) is 4. The number of phenolic OH excluding ortho intramolecular Hbond substituents is 1. The molecule has 35 heavy (non-hydrogen) atoms. The molecule has 0 spiro atoms. The number of carbonyl (C=O) groups excluding carboxylic acids is 2. The van der Waals surface area contributed by atoms with E-state index < -0.39 is 6.03 Å². The maximum absolute atomic E-state index is 12.2. The van der Waals surface area contributed by atoms with E-state index in [-0.39, 0.29) is 17.4 Å². The number of anilines is 1. The van der Waals surface area contributed by atoms with Crippen LogP contribution in [0, 0.1) is 0 Å². The topological polar surface area (TPSA) is 141 Å². The summed E-state index contributed by atoms with van der Waals surface area (Å²) in [6, 6.07) is 11.7. The van der Waals surface area contributed by atoms with Crippen LogP contribution in [0.1, 0.15) is 61.3 Å². The zero-order valence-electron chi connectivity index (χ0n) is 19.6. The number of nitrogens with one attached hydrogen (secondary N) is 1. The summed E-state index contributed by atoms with van der Waals surface area (Å²) < 4.78 is 8.26. The average molecular weight is 477 g/mol. The zero-order valence-corrected chi connectivity index (χ0v) is 19.6. The maximum atomic E-state index is 12.2. The lowest BCUT2D eigenvalue weighted by Gasteiger charge is -2.13. The van der Waals surface area contributed by atoms with E-state index in [1.807, 2.05) is 0 Å². The Bertz CT molecular complexity index is 1290. The first kappa shape index (κ1) is 23.8. The minimum absolute atomic E-state index is 0.141. The van der Waals surface area contributed by atoms with Crippen LogP contribution in [0.25, 0.3) is 11.3 Å². The molecule has 1 saturated carbocycles. The van der Waals surface area contributed by atoms with Crippen LogP contribution >= 0.6 is 0 Å². The number of aromatic nitrogens is 4. The number of furan rings is 1. The highest BCUT2D eigenvalue weighted by atomic mass is 16.3. The lowest BCUT2D eigenvalue weighted by Crippen LogP contribution is -2.19. The Morgan fingerprint density at radius 1 is 1.26 bits per heavy atom. The Morgan fingerprint density at radius 2 is 2.06 bits per heavy atom. The number of nitrogens with two attached hydrogens (primary N) is 1. The summed E-state index contributed by atoms with van der Waals surface area (Å²) in [7, 11) is 0. The lowest BCUT2D eigenvalue weighted by molar-refractivity contribution is 0.0996. The largest absolute Gasteiger partial charge is 0.507 e. The summed E-state index contributed by atoms with van der Waals surface area (Å²) in [5.74, 6) is 0.605. The number of primary amides is 1. The normalized spacial score (nSPS) is 13.5. The van der Waals surface area contributed by atoms with E-state index >= 15 is 0 Å². The van der Waals surface area contributed by atoms with Gasteiger partial charge in [-0.05, 0) is 68.7 Å². The molecule has 0 radical (unpaired) electrons. The Kier molecular flexibility index (Phi) is 7.00. The molecule has 2 amide bonds. The Labute approximate surface area is 202 Å². The molecule has 1 unspecified atom stereocenters. The van der Waals surface area contributed by atoms with Gasteiger partial charge in [0.05, 0.1) is 12.0 Å². The second-order valence-corrected chi connectivity index (χ2v) is 8.38. The molecule has 1 fully saturated rings. The highest BCUT2D eigenvalue weighted by Gasteiger charge is 2.30. The van der Waals surface area contributed by atoms with Gasteiger partial charge in [0.1, 0.15) is 5.75 Å². The highest BCUT2D eigenvalue weighted by molar-refractivity contribution is 6.02. The van der Waals surface area contributed by atoms with Crippen LogP contribution in [0.3, 0.4) is 0 Å². The molecule has 1 aliphatic rings. The van der Waals surface area contributed by atoms with Gasteiger partial charge in [-0.25, -0.2) is 4.79 Å². The minimum atomic E-state index is -0.560. The van der Waals surface area contributed by atoms with Crippen molar-refractivity contribution in [2.45, 2.75) is 45.1 Å². The lowest BCUT2D eigenvalue weighted by atomic mass is 10.1. The number of hydrogen-bond acceptors (Lipinski definition) is 6. The van der Waals surface area contributed by atoms with E-state index in [1.165, 1.54) is 37.2 Å². The van der Waals surface area contributed by atoms with Gasteiger partial charge >= 0.3 is 6.03 Å². The Hall–Kier alpha value is -4.34. The van der Waals surface area contributed by atoms with E-state index in [9.17, 15) is 14.7 Å². The predicted molar refractivity (Wildman–Crippen MR) is 130 cm³/mol. The third kappa shape index (κ3) is 5.60.